The molecule has 2 aliphatic rings. The van der Waals surface area contributed by atoms with E-state index >= 15 is 0 Å². The van der Waals surface area contributed by atoms with Crippen LogP contribution in [0, 0.1) is 24.1 Å². The molecule has 27 heavy (non-hydrogen) atoms. The zero-order valence-corrected chi connectivity index (χ0v) is 14.9. The summed E-state index contributed by atoms with van der Waals surface area (Å²) in [6, 6.07) is 6.82. The molecule has 2 heterocycles. The molecule has 7 heteroatoms. The number of halogens is 1. The Hall–Kier alpha value is -2.98. The van der Waals surface area contributed by atoms with Crippen LogP contribution in [0.3, 0.4) is 0 Å². The first-order valence-electron chi connectivity index (χ1n) is 8.91. The van der Waals surface area contributed by atoms with Crippen molar-refractivity contribution >= 4 is 11.7 Å². The van der Waals surface area contributed by atoms with Gasteiger partial charge in [0, 0.05) is 30.9 Å². The maximum Gasteiger partial charge on any atom is 0.254 e. The third-order valence-electron chi connectivity index (χ3n) is 4.93. The van der Waals surface area contributed by atoms with Crippen molar-refractivity contribution in [2.75, 3.05) is 18.0 Å². The Kier molecular flexibility index (Phi) is 4.28. The van der Waals surface area contributed by atoms with Gasteiger partial charge in [-0.2, -0.15) is 5.26 Å². The summed E-state index contributed by atoms with van der Waals surface area (Å²) in [5, 5.41) is 21.7. The Morgan fingerprint density at radius 3 is 2.74 bits per heavy atom. The summed E-state index contributed by atoms with van der Waals surface area (Å²) in [6.45, 7) is 2.65. The van der Waals surface area contributed by atoms with Gasteiger partial charge in [0.1, 0.15) is 17.7 Å². The highest BCUT2D eigenvalue weighted by Gasteiger charge is 2.28. The number of nitriles is 1. The van der Waals surface area contributed by atoms with Gasteiger partial charge in [0.15, 0.2) is 0 Å². The predicted octanol–water partition coefficient (Wildman–Crippen LogP) is 2.14. The number of benzene rings is 1. The molecule has 2 N–H and O–H groups in total. The van der Waals surface area contributed by atoms with Crippen molar-refractivity contribution in [3.8, 4) is 17.2 Å². The summed E-state index contributed by atoms with van der Waals surface area (Å²) >= 11 is 0. The first-order valence-corrected chi connectivity index (χ1v) is 8.91. The number of aliphatic hydroxyl groups excluding tert-OH is 1. The van der Waals surface area contributed by atoms with Gasteiger partial charge in [-0.15, -0.1) is 0 Å². The lowest BCUT2D eigenvalue weighted by molar-refractivity contribution is 0.0947. The van der Waals surface area contributed by atoms with Crippen LogP contribution in [0.1, 0.15) is 34.3 Å². The zero-order chi connectivity index (χ0) is 19.1. The molecule has 4 rings (SSSR count). The number of aryl methyl sites for hydroxylation is 1. The molecule has 0 bridgehead atoms. The van der Waals surface area contributed by atoms with Crippen molar-refractivity contribution in [3.05, 3.63) is 46.9 Å². The Bertz CT molecular complexity index is 959. The Labute approximate surface area is 156 Å². The summed E-state index contributed by atoms with van der Waals surface area (Å²) in [5.74, 6) is -0.456. The van der Waals surface area contributed by atoms with E-state index in [1.807, 2.05) is 4.90 Å². The molecule has 0 atom stereocenters. The molecule has 1 aliphatic heterocycles. The molecule has 138 valence electrons. The van der Waals surface area contributed by atoms with Crippen molar-refractivity contribution in [2.24, 2.45) is 0 Å². The van der Waals surface area contributed by atoms with Crippen LogP contribution in [0.4, 0.5) is 10.2 Å². The van der Waals surface area contributed by atoms with E-state index in [-0.39, 0.29) is 11.6 Å². The summed E-state index contributed by atoms with van der Waals surface area (Å²) in [6.07, 6.45) is 3.07. The SMILES string of the molecule is Cc1cc(F)c(C(=O)NC2CC2)cc1-c1cnc(N2CC(O)C2)c(C#N)c1. The van der Waals surface area contributed by atoms with Crippen LogP contribution in [0.5, 0.6) is 0 Å². The van der Waals surface area contributed by atoms with Gasteiger partial charge in [0.25, 0.3) is 5.91 Å². The van der Waals surface area contributed by atoms with Crippen LogP contribution in [0.2, 0.25) is 0 Å². The number of hydrogen-bond acceptors (Lipinski definition) is 5. The van der Waals surface area contributed by atoms with Gasteiger partial charge in [-0.3, -0.25) is 4.79 Å². The van der Waals surface area contributed by atoms with E-state index in [0.717, 1.165) is 12.8 Å². The lowest BCUT2D eigenvalue weighted by Gasteiger charge is -2.37. The molecule has 1 aromatic carbocycles. The van der Waals surface area contributed by atoms with Crippen LogP contribution >= 0.6 is 0 Å². The number of pyridine rings is 1. The second-order valence-corrected chi connectivity index (χ2v) is 7.16. The minimum Gasteiger partial charge on any atom is -0.389 e. The maximum atomic E-state index is 14.3. The molecule has 0 spiro atoms. The number of hydrogen-bond donors (Lipinski definition) is 2. The van der Waals surface area contributed by atoms with E-state index < -0.39 is 17.8 Å². The highest BCUT2D eigenvalue weighted by atomic mass is 19.1. The van der Waals surface area contributed by atoms with Crippen molar-refractivity contribution in [2.45, 2.75) is 31.9 Å². The highest BCUT2D eigenvalue weighted by Crippen LogP contribution is 2.31. The Morgan fingerprint density at radius 2 is 2.11 bits per heavy atom. The largest absolute Gasteiger partial charge is 0.389 e. The minimum atomic E-state index is -0.561. The first-order chi connectivity index (χ1) is 13.0. The number of anilines is 1. The van der Waals surface area contributed by atoms with Gasteiger partial charge >= 0.3 is 0 Å². The molecule has 1 amide bonds. The van der Waals surface area contributed by atoms with Crippen LogP contribution in [-0.2, 0) is 0 Å². The van der Waals surface area contributed by atoms with Gasteiger partial charge in [-0.25, -0.2) is 9.37 Å². The van der Waals surface area contributed by atoms with Gasteiger partial charge in [-0.05, 0) is 49.1 Å². The quantitative estimate of drug-likeness (QED) is 0.865. The molecule has 1 saturated carbocycles. The third-order valence-corrected chi connectivity index (χ3v) is 4.93. The molecular formula is C20H19FN4O2. The number of carbonyl (C=O) groups excluding carboxylic acids is 1. The summed E-state index contributed by atoms with van der Waals surface area (Å²) in [7, 11) is 0. The zero-order valence-electron chi connectivity index (χ0n) is 14.9. The second kappa shape index (κ2) is 6.63. The minimum absolute atomic E-state index is 0.00375. The van der Waals surface area contributed by atoms with Gasteiger partial charge in [0.2, 0.25) is 0 Å². The number of aromatic nitrogens is 1. The standard InChI is InChI=1S/C20H19FN4O2/c1-11-4-18(21)17(20(27)24-14-2-3-14)6-16(11)13-5-12(7-22)19(23-8-13)25-9-15(26)10-25/h4-6,8,14-15,26H,2-3,9-10H2,1H3,(H,24,27). The number of aliphatic hydroxyl groups is 1. The summed E-state index contributed by atoms with van der Waals surface area (Å²) < 4.78 is 14.3. The molecule has 2 fully saturated rings. The second-order valence-electron chi connectivity index (χ2n) is 7.16. The van der Waals surface area contributed by atoms with E-state index in [4.69, 9.17) is 0 Å². The van der Waals surface area contributed by atoms with E-state index in [0.29, 0.717) is 41.2 Å². The monoisotopic (exact) mass is 366 g/mol. The predicted molar refractivity (Wildman–Crippen MR) is 97.8 cm³/mol. The van der Waals surface area contributed by atoms with Gasteiger partial charge in [-0.1, -0.05) is 0 Å². The smallest absolute Gasteiger partial charge is 0.254 e. The maximum absolute atomic E-state index is 14.3. The average Bonchev–Trinajstić information content (AvgIpc) is 3.42. The molecule has 0 radical (unpaired) electrons. The van der Waals surface area contributed by atoms with Crippen molar-refractivity contribution in [1.29, 1.82) is 5.26 Å². The fourth-order valence-corrected chi connectivity index (χ4v) is 3.22. The third kappa shape index (κ3) is 3.36. The van der Waals surface area contributed by atoms with E-state index in [9.17, 15) is 19.6 Å². The highest BCUT2D eigenvalue weighted by molar-refractivity contribution is 5.96. The Morgan fingerprint density at radius 1 is 1.37 bits per heavy atom. The number of amides is 1. The van der Waals surface area contributed by atoms with E-state index in [1.54, 1.807) is 19.2 Å². The van der Waals surface area contributed by atoms with Crippen LogP contribution in [0.25, 0.3) is 11.1 Å². The Balaban J connectivity index is 1.70. The average molecular weight is 366 g/mol. The van der Waals surface area contributed by atoms with Crippen LogP contribution < -0.4 is 10.2 Å². The summed E-state index contributed by atoms with van der Waals surface area (Å²) in [5.41, 5.74) is 2.35. The van der Waals surface area contributed by atoms with Crippen LogP contribution in [0.15, 0.2) is 24.4 Å². The molecular weight excluding hydrogens is 347 g/mol. The molecule has 1 saturated heterocycles. The van der Waals surface area contributed by atoms with E-state index in [1.165, 1.54) is 12.1 Å². The van der Waals surface area contributed by atoms with Crippen molar-refractivity contribution in [3.63, 3.8) is 0 Å². The number of β-amino-alcohol motifs (C(OH)–C–C–N with tert-alkyl or cyclic N) is 1. The lowest BCUT2D eigenvalue weighted by Crippen LogP contribution is -2.51. The number of rotatable bonds is 4. The number of carbonyl (C=O) groups is 1. The molecule has 2 aromatic rings. The first kappa shape index (κ1) is 17.4. The lowest BCUT2D eigenvalue weighted by atomic mass is 9.97. The van der Waals surface area contributed by atoms with Crippen molar-refractivity contribution in [1.82, 2.24) is 10.3 Å². The number of nitrogens with zero attached hydrogens (tertiary/aromatic N) is 3. The fourth-order valence-electron chi connectivity index (χ4n) is 3.22. The fraction of sp³-hybridized carbons (Fsp3) is 0.350. The number of nitrogens with one attached hydrogen (secondary N) is 1. The molecule has 1 aromatic heterocycles. The van der Waals surface area contributed by atoms with Gasteiger partial charge in [0.05, 0.1) is 17.2 Å². The summed E-state index contributed by atoms with van der Waals surface area (Å²) in [4.78, 5) is 18.5. The molecule has 6 nitrogen and oxygen atoms in total. The normalized spacial score (nSPS) is 16.6. The van der Waals surface area contributed by atoms with Crippen molar-refractivity contribution < 1.29 is 14.3 Å². The topological polar surface area (TPSA) is 89.2 Å². The van der Waals surface area contributed by atoms with Gasteiger partial charge < -0.3 is 15.3 Å². The molecule has 0 unspecified atom stereocenters. The molecule has 1 aliphatic carbocycles. The van der Waals surface area contributed by atoms with E-state index in [2.05, 4.69) is 16.4 Å². The van der Waals surface area contributed by atoms with Crippen LogP contribution in [-0.4, -0.2) is 41.2 Å².